The number of carbonyl (C=O) groups excluding carboxylic acids is 1. The molecule has 1 atom stereocenters. The van der Waals surface area contributed by atoms with Crippen LogP contribution in [0.2, 0.25) is 0 Å². The van der Waals surface area contributed by atoms with Gasteiger partial charge < -0.3 is 29.2 Å². The van der Waals surface area contributed by atoms with E-state index in [4.69, 9.17) is 9.47 Å². The average Bonchev–Trinajstić information content (AvgIpc) is 3.55. The Labute approximate surface area is 233 Å². The molecule has 8 heteroatoms. The number of nitrogens with one attached hydrogen (secondary N) is 1. The number of aryl methyl sites for hydroxylation is 1. The molecule has 6 rings (SSSR count). The van der Waals surface area contributed by atoms with E-state index in [1.165, 1.54) is 33.8 Å². The lowest BCUT2D eigenvalue weighted by molar-refractivity contribution is 0.194. The van der Waals surface area contributed by atoms with Crippen molar-refractivity contribution >= 4 is 28.7 Å². The highest BCUT2D eigenvalue weighted by Crippen LogP contribution is 2.44. The first kappa shape index (κ1) is 25.4. The van der Waals surface area contributed by atoms with Crippen molar-refractivity contribution in [3.63, 3.8) is 0 Å². The van der Waals surface area contributed by atoms with Gasteiger partial charge in [-0.25, -0.2) is 4.79 Å². The quantitative estimate of drug-likeness (QED) is 0.307. The van der Waals surface area contributed by atoms with Crippen molar-refractivity contribution in [2.75, 3.05) is 38.5 Å². The molecule has 0 radical (unpaired) electrons. The minimum absolute atomic E-state index is 0.170. The molecule has 7 nitrogen and oxygen atoms in total. The summed E-state index contributed by atoms with van der Waals surface area (Å²) in [7, 11) is 7.29. The van der Waals surface area contributed by atoms with E-state index >= 15 is 0 Å². The van der Waals surface area contributed by atoms with Crippen LogP contribution in [-0.4, -0.2) is 43.8 Å². The van der Waals surface area contributed by atoms with Gasteiger partial charge in [-0.05, 0) is 73.2 Å². The largest absolute Gasteiger partial charge is 0.497 e. The van der Waals surface area contributed by atoms with Crippen molar-refractivity contribution < 1.29 is 14.3 Å². The van der Waals surface area contributed by atoms with Crippen LogP contribution in [0.1, 0.15) is 46.1 Å². The molecule has 1 N–H and O–H groups in total. The first-order chi connectivity index (χ1) is 19.0. The van der Waals surface area contributed by atoms with Crippen LogP contribution in [-0.2, 0) is 19.4 Å². The van der Waals surface area contributed by atoms with Crippen molar-refractivity contribution in [2.45, 2.75) is 38.3 Å². The summed E-state index contributed by atoms with van der Waals surface area (Å²) in [5, 5.41) is 4.40. The SMILES string of the molecule is COc1ccc(NC(=O)N2Cc3c(sc4c3CCCC4)-n3cccc3[C@H]2c2ccc(N(C)C)cc2)c(OC)c1. The number of aromatic nitrogens is 1. The highest BCUT2D eigenvalue weighted by molar-refractivity contribution is 7.15. The number of hydrogen-bond donors (Lipinski definition) is 1. The van der Waals surface area contributed by atoms with Crippen molar-refractivity contribution in [2.24, 2.45) is 0 Å². The Morgan fingerprint density at radius 2 is 1.79 bits per heavy atom. The van der Waals surface area contributed by atoms with E-state index < -0.39 is 0 Å². The molecule has 3 heterocycles. The van der Waals surface area contributed by atoms with Crippen molar-refractivity contribution in [1.29, 1.82) is 0 Å². The molecular weight excluding hydrogens is 508 g/mol. The van der Waals surface area contributed by atoms with E-state index in [0.29, 0.717) is 23.7 Å². The van der Waals surface area contributed by atoms with Gasteiger partial charge in [0.05, 0.1) is 38.2 Å². The lowest BCUT2D eigenvalue weighted by Crippen LogP contribution is -2.38. The van der Waals surface area contributed by atoms with Gasteiger partial charge in [-0.15, -0.1) is 11.3 Å². The van der Waals surface area contributed by atoms with E-state index in [1.54, 1.807) is 20.3 Å². The molecule has 0 saturated carbocycles. The third kappa shape index (κ3) is 4.52. The normalized spacial score (nSPS) is 16.0. The second kappa shape index (κ2) is 10.3. The number of urea groups is 1. The van der Waals surface area contributed by atoms with Gasteiger partial charge in [-0.1, -0.05) is 12.1 Å². The van der Waals surface area contributed by atoms with E-state index in [-0.39, 0.29) is 12.1 Å². The summed E-state index contributed by atoms with van der Waals surface area (Å²) in [4.78, 5) is 19.8. The van der Waals surface area contributed by atoms with E-state index in [2.05, 4.69) is 57.4 Å². The molecule has 0 unspecified atom stereocenters. The fraction of sp³-hybridized carbons (Fsp3) is 0.323. The molecule has 2 aliphatic rings. The third-order valence-corrected chi connectivity index (χ3v) is 9.15. The van der Waals surface area contributed by atoms with Gasteiger partial charge in [-0.3, -0.25) is 0 Å². The van der Waals surface area contributed by atoms with Crippen molar-refractivity contribution in [1.82, 2.24) is 9.47 Å². The summed E-state index contributed by atoms with van der Waals surface area (Å²) in [6.07, 6.45) is 6.76. The number of anilines is 2. The van der Waals surface area contributed by atoms with Crippen LogP contribution in [0.15, 0.2) is 60.8 Å². The number of carbonyl (C=O) groups is 1. The van der Waals surface area contributed by atoms with Gasteiger partial charge in [0.2, 0.25) is 0 Å². The standard InChI is InChI=1S/C31H34N4O3S/c1-33(2)21-13-11-20(12-14-21)29-26-9-7-17-34(26)30-24(23-8-5-6-10-28(23)39-30)19-35(29)31(36)32-25-16-15-22(37-3)18-27(25)38-4/h7,9,11-18,29H,5-6,8,10,19H2,1-4H3,(H,32,36)/t29-/m1/s1. The lowest BCUT2D eigenvalue weighted by atomic mass is 9.95. The summed E-state index contributed by atoms with van der Waals surface area (Å²) in [6.45, 7) is 0.535. The number of rotatable bonds is 5. The third-order valence-electron chi connectivity index (χ3n) is 7.82. The maximum absolute atomic E-state index is 14.2. The van der Waals surface area contributed by atoms with Crippen LogP contribution >= 0.6 is 11.3 Å². The zero-order valence-corrected chi connectivity index (χ0v) is 23.7. The maximum atomic E-state index is 14.2. The van der Waals surface area contributed by atoms with E-state index in [0.717, 1.165) is 29.8 Å². The highest BCUT2D eigenvalue weighted by Gasteiger charge is 2.36. The number of methoxy groups -OCH3 is 2. The van der Waals surface area contributed by atoms with Crippen molar-refractivity contribution in [3.8, 4) is 16.5 Å². The predicted octanol–water partition coefficient (Wildman–Crippen LogP) is 6.64. The van der Waals surface area contributed by atoms with Gasteiger partial charge in [0, 0.05) is 42.5 Å². The van der Waals surface area contributed by atoms with Crippen molar-refractivity contribution in [3.05, 3.63) is 88.1 Å². The molecule has 1 aliphatic heterocycles. The number of nitrogens with zero attached hydrogens (tertiary/aromatic N) is 3. The zero-order chi connectivity index (χ0) is 27.1. The van der Waals surface area contributed by atoms with Crippen LogP contribution in [0, 0.1) is 0 Å². The number of thiophene rings is 1. The van der Waals surface area contributed by atoms with Gasteiger partial charge in [0.15, 0.2) is 0 Å². The minimum atomic E-state index is -0.265. The molecule has 202 valence electrons. The lowest BCUT2D eigenvalue weighted by Gasteiger charge is -2.32. The van der Waals surface area contributed by atoms with Crippen LogP contribution in [0.5, 0.6) is 11.5 Å². The molecule has 0 saturated heterocycles. The van der Waals surface area contributed by atoms with Crippen LogP contribution in [0.4, 0.5) is 16.2 Å². The fourth-order valence-electron chi connectivity index (χ4n) is 5.78. The number of amides is 2. The molecule has 2 aromatic carbocycles. The Morgan fingerprint density at radius 3 is 2.54 bits per heavy atom. The zero-order valence-electron chi connectivity index (χ0n) is 22.9. The summed E-state index contributed by atoms with van der Waals surface area (Å²) in [5.41, 5.74) is 6.59. The molecular formula is C31H34N4O3S. The Kier molecular flexibility index (Phi) is 6.73. The Morgan fingerprint density at radius 1 is 1.00 bits per heavy atom. The Hall–Kier alpha value is -3.91. The smallest absolute Gasteiger partial charge is 0.323 e. The summed E-state index contributed by atoms with van der Waals surface area (Å²) in [6, 6.07) is 17.8. The summed E-state index contributed by atoms with van der Waals surface area (Å²) in [5.74, 6) is 1.23. The van der Waals surface area contributed by atoms with Gasteiger partial charge in [0.1, 0.15) is 16.5 Å². The molecule has 0 bridgehead atoms. The second-order valence-corrected chi connectivity index (χ2v) is 11.4. The molecule has 1 aliphatic carbocycles. The van der Waals surface area contributed by atoms with Gasteiger partial charge >= 0.3 is 6.03 Å². The molecule has 0 fully saturated rings. The van der Waals surface area contributed by atoms with Crippen LogP contribution < -0.4 is 19.7 Å². The number of hydrogen-bond acceptors (Lipinski definition) is 5. The number of ether oxygens (including phenoxy) is 2. The summed E-state index contributed by atoms with van der Waals surface area (Å²) < 4.78 is 13.3. The maximum Gasteiger partial charge on any atom is 0.323 e. The molecule has 2 aromatic heterocycles. The number of benzene rings is 2. The highest BCUT2D eigenvalue weighted by atomic mass is 32.1. The van der Waals surface area contributed by atoms with E-state index in [9.17, 15) is 4.79 Å². The Balaban J connectivity index is 1.47. The molecule has 2 amide bonds. The fourth-order valence-corrected chi connectivity index (χ4v) is 7.18. The molecule has 0 spiro atoms. The summed E-state index contributed by atoms with van der Waals surface area (Å²) >= 11 is 1.89. The van der Waals surface area contributed by atoms with Gasteiger partial charge in [-0.2, -0.15) is 0 Å². The Bertz CT molecular complexity index is 1500. The predicted molar refractivity (Wildman–Crippen MR) is 157 cm³/mol. The monoisotopic (exact) mass is 542 g/mol. The first-order valence-corrected chi connectivity index (χ1v) is 14.2. The average molecular weight is 543 g/mol. The first-order valence-electron chi connectivity index (χ1n) is 13.4. The molecule has 39 heavy (non-hydrogen) atoms. The van der Waals surface area contributed by atoms with E-state index in [1.807, 2.05) is 42.5 Å². The van der Waals surface area contributed by atoms with Crippen LogP contribution in [0.25, 0.3) is 5.00 Å². The molecule has 4 aromatic rings. The number of fused-ring (bicyclic) bond motifs is 5. The second-order valence-electron chi connectivity index (χ2n) is 10.3. The van der Waals surface area contributed by atoms with Gasteiger partial charge in [0.25, 0.3) is 0 Å². The minimum Gasteiger partial charge on any atom is -0.497 e. The topological polar surface area (TPSA) is 59.0 Å². The van der Waals surface area contributed by atoms with Crippen LogP contribution in [0.3, 0.4) is 0 Å².